The first kappa shape index (κ1) is 25.6. The largest absolute Gasteiger partial charge is 0.497 e. The first-order chi connectivity index (χ1) is 16.8. The molecule has 3 N–H and O–H groups in total. The van der Waals surface area contributed by atoms with Crippen molar-refractivity contribution in [3.63, 3.8) is 0 Å². The zero-order valence-corrected chi connectivity index (χ0v) is 21.0. The maximum atomic E-state index is 12.8. The van der Waals surface area contributed by atoms with Crippen molar-refractivity contribution in [1.29, 1.82) is 5.26 Å². The summed E-state index contributed by atoms with van der Waals surface area (Å²) in [7, 11) is 1.56. The van der Waals surface area contributed by atoms with Gasteiger partial charge in [0.25, 0.3) is 5.91 Å². The quantitative estimate of drug-likeness (QED) is 0.476. The van der Waals surface area contributed by atoms with Crippen LogP contribution >= 0.6 is 15.9 Å². The number of ether oxygens (including phenoxy) is 4. The lowest BCUT2D eigenvalue weighted by Gasteiger charge is -2.28. The van der Waals surface area contributed by atoms with Crippen molar-refractivity contribution < 1.29 is 28.5 Å². The van der Waals surface area contributed by atoms with Crippen molar-refractivity contribution in [3.05, 3.63) is 75.3 Å². The molecule has 3 rings (SSSR count). The SMILES string of the molecule is CCOC(=O)C1=C(C)OC(N)=C(C#N)C1c1cc(Br)ccc1OCC(=O)Nc1ccc(OC)cc1. The van der Waals surface area contributed by atoms with Gasteiger partial charge in [0.15, 0.2) is 6.61 Å². The lowest BCUT2D eigenvalue weighted by atomic mass is 9.82. The molecular formula is C25H24BrN3O6. The van der Waals surface area contributed by atoms with E-state index >= 15 is 0 Å². The number of halogens is 1. The number of methoxy groups -OCH3 is 1. The van der Waals surface area contributed by atoms with Gasteiger partial charge in [0.05, 0.1) is 25.2 Å². The van der Waals surface area contributed by atoms with E-state index in [1.165, 1.54) is 0 Å². The molecule has 35 heavy (non-hydrogen) atoms. The highest BCUT2D eigenvalue weighted by molar-refractivity contribution is 9.10. The lowest BCUT2D eigenvalue weighted by molar-refractivity contribution is -0.139. The normalized spacial score (nSPS) is 15.1. The van der Waals surface area contributed by atoms with Crippen LogP contribution in [0.15, 0.2) is 69.7 Å². The fourth-order valence-corrected chi connectivity index (χ4v) is 3.94. The Hall–Kier alpha value is -3.97. The molecule has 1 amide bonds. The molecule has 0 spiro atoms. The summed E-state index contributed by atoms with van der Waals surface area (Å²) in [6.07, 6.45) is 0. The number of benzene rings is 2. The molecule has 182 valence electrons. The summed E-state index contributed by atoms with van der Waals surface area (Å²) in [6.45, 7) is 3.07. The number of amides is 1. The minimum absolute atomic E-state index is 0.0317. The van der Waals surface area contributed by atoms with Gasteiger partial charge in [0.2, 0.25) is 5.88 Å². The summed E-state index contributed by atoms with van der Waals surface area (Å²) in [4.78, 5) is 25.3. The van der Waals surface area contributed by atoms with Crippen molar-refractivity contribution in [2.24, 2.45) is 5.73 Å². The predicted molar refractivity (Wildman–Crippen MR) is 131 cm³/mol. The van der Waals surface area contributed by atoms with Crippen LogP contribution in [0.25, 0.3) is 0 Å². The van der Waals surface area contributed by atoms with Gasteiger partial charge in [0, 0.05) is 15.7 Å². The second-order valence-corrected chi connectivity index (χ2v) is 8.28. The van der Waals surface area contributed by atoms with E-state index in [0.717, 1.165) is 0 Å². The Bertz CT molecular complexity index is 1230. The Labute approximate surface area is 211 Å². The molecule has 1 unspecified atom stereocenters. The number of nitriles is 1. The molecule has 0 saturated heterocycles. The Morgan fingerprint density at radius 3 is 2.57 bits per heavy atom. The van der Waals surface area contributed by atoms with Crippen LogP contribution in [0.5, 0.6) is 11.5 Å². The van der Waals surface area contributed by atoms with Gasteiger partial charge < -0.3 is 30.0 Å². The van der Waals surface area contributed by atoms with Crippen molar-refractivity contribution in [1.82, 2.24) is 0 Å². The fraction of sp³-hybridized carbons (Fsp3) is 0.240. The summed E-state index contributed by atoms with van der Waals surface area (Å²) in [6, 6.07) is 13.9. The van der Waals surface area contributed by atoms with Gasteiger partial charge in [-0.25, -0.2) is 4.79 Å². The number of anilines is 1. The van der Waals surface area contributed by atoms with Gasteiger partial charge in [-0.15, -0.1) is 0 Å². The minimum atomic E-state index is -0.912. The van der Waals surface area contributed by atoms with Crippen LogP contribution in [0.1, 0.15) is 25.3 Å². The summed E-state index contributed by atoms with van der Waals surface area (Å²) in [5, 5.41) is 12.6. The van der Waals surface area contributed by atoms with Gasteiger partial charge in [-0.1, -0.05) is 15.9 Å². The van der Waals surface area contributed by atoms with E-state index in [1.54, 1.807) is 63.4 Å². The van der Waals surface area contributed by atoms with E-state index in [1.807, 2.05) is 6.07 Å². The summed E-state index contributed by atoms with van der Waals surface area (Å²) < 4.78 is 22.3. The third kappa shape index (κ3) is 5.94. The fourth-order valence-electron chi connectivity index (χ4n) is 3.56. The number of hydrogen-bond donors (Lipinski definition) is 2. The third-order valence-electron chi connectivity index (χ3n) is 5.12. The molecule has 0 aliphatic carbocycles. The maximum Gasteiger partial charge on any atom is 0.338 e. The smallest absolute Gasteiger partial charge is 0.338 e. The molecule has 0 bridgehead atoms. The number of hydrogen-bond acceptors (Lipinski definition) is 8. The van der Waals surface area contributed by atoms with Crippen LogP contribution in [0, 0.1) is 11.3 Å². The number of nitrogens with zero attached hydrogens (tertiary/aromatic N) is 1. The van der Waals surface area contributed by atoms with Crippen molar-refractivity contribution in [3.8, 4) is 17.6 Å². The van der Waals surface area contributed by atoms with E-state index < -0.39 is 17.8 Å². The second kappa shape index (κ2) is 11.4. The molecule has 1 aliphatic heterocycles. The molecule has 1 aliphatic rings. The van der Waals surface area contributed by atoms with Gasteiger partial charge in [-0.3, -0.25) is 4.79 Å². The van der Waals surface area contributed by atoms with Crippen LogP contribution in [-0.4, -0.2) is 32.2 Å². The molecule has 0 fully saturated rings. The number of nitrogens with one attached hydrogen (secondary N) is 1. The number of allylic oxidation sites excluding steroid dienone is 2. The Kier molecular flexibility index (Phi) is 8.39. The van der Waals surface area contributed by atoms with Gasteiger partial charge >= 0.3 is 5.97 Å². The number of carbonyl (C=O) groups excluding carboxylic acids is 2. The molecule has 1 atom stereocenters. The summed E-state index contributed by atoms with van der Waals surface area (Å²) >= 11 is 3.42. The summed E-state index contributed by atoms with van der Waals surface area (Å²) in [5.74, 6) is -0.900. The molecule has 0 aromatic heterocycles. The maximum absolute atomic E-state index is 12.8. The number of carbonyl (C=O) groups is 2. The van der Waals surface area contributed by atoms with Crippen LogP contribution in [0.2, 0.25) is 0 Å². The van der Waals surface area contributed by atoms with Crippen LogP contribution in [0.3, 0.4) is 0 Å². The van der Waals surface area contributed by atoms with Crippen molar-refractivity contribution in [2.75, 3.05) is 25.6 Å². The number of esters is 1. The number of nitrogens with two attached hydrogens (primary N) is 1. The van der Waals surface area contributed by atoms with E-state index in [-0.39, 0.29) is 36.0 Å². The average Bonchev–Trinajstić information content (AvgIpc) is 2.83. The molecule has 9 nitrogen and oxygen atoms in total. The zero-order chi connectivity index (χ0) is 25.5. The highest BCUT2D eigenvalue weighted by Crippen LogP contribution is 2.43. The first-order valence-electron chi connectivity index (χ1n) is 10.6. The Morgan fingerprint density at radius 1 is 1.23 bits per heavy atom. The monoisotopic (exact) mass is 541 g/mol. The number of rotatable bonds is 8. The van der Waals surface area contributed by atoms with Crippen molar-refractivity contribution >= 4 is 33.5 Å². The molecule has 1 heterocycles. The lowest BCUT2D eigenvalue weighted by Crippen LogP contribution is -2.26. The van der Waals surface area contributed by atoms with Crippen LogP contribution < -0.4 is 20.5 Å². The predicted octanol–water partition coefficient (Wildman–Crippen LogP) is 4.12. The van der Waals surface area contributed by atoms with E-state index in [9.17, 15) is 14.9 Å². The minimum Gasteiger partial charge on any atom is -0.497 e. The molecule has 0 saturated carbocycles. The second-order valence-electron chi connectivity index (χ2n) is 7.36. The van der Waals surface area contributed by atoms with Crippen LogP contribution in [-0.2, 0) is 19.1 Å². The highest BCUT2D eigenvalue weighted by Gasteiger charge is 2.38. The van der Waals surface area contributed by atoms with Crippen molar-refractivity contribution in [2.45, 2.75) is 19.8 Å². The first-order valence-corrected chi connectivity index (χ1v) is 11.4. The molecule has 0 radical (unpaired) electrons. The van der Waals surface area contributed by atoms with Crippen LogP contribution in [0.4, 0.5) is 5.69 Å². The van der Waals surface area contributed by atoms with E-state index in [4.69, 9.17) is 24.7 Å². The molecule has 2 aromatic carbocycles. The van der Waals surface area contributed by atoms with Gasteiger partial charge in [0.1, 0.15) is 28.9 Å². The standard InChI is InChI=1S/C25H24BrN3O6/c1-4-33-25(31)22-14(2)35-24(28)19(12-27)23(22)18-11-15(26)5-10-20(18)34-13-21(30)29-16-6-8-17(32-3)9-7-16/h5-11,23H,4,13,28H2,1-3H3,(H,29,30). The topological polar surface area (TPSA) is 133 Å². The van der Waals surface area contributed by atoms with Gasteiger partial charge in [-0.05, 0) is 56.3 Å². The molecule has 2 aromatic rings. The average molecular weight is 542 g/mol. The highest BCUT2D eigenvalue weighted by atomic mass is 79.9. The summed E-state index contributed by atoms with van der Waals surface area (Å²) in [5.41, 5.74) is 7.16. The molecular weight excluding hydrogens is 518 g/mol. The zero-order valence-electron chi connectivity index (χ0n) is 19.4. The molecule has 10 heteroatoms. The Morgan fingerprint density at radius 2 is 1.94 bits per heavy atom. The van der Waals surface area contributed by atoms with Gasteiger partial charge in [-0.2, -0.15) is 5.26 Å². The van der Waals surface area contributed by atoms with E-state index in [2.05, 4.69) is 21.2 Å². The van der Waals surface area contributed by atoms with E-state index in [0.29, 0.717) is 27.2 Å². The third-order valence-corrected chi connectivity index (χ3v) is 5.61. The Balaban J connectivity index is 1.92.